The predicted molar refractivity (Wildman–Crippen MR) is 140 cm³/mol. The number of thiophene rings is 1. The van der Waals surface area contributed by atoms with Crippen molar-refractivity contribution >= 4 is 41.3 Å². The lowest BCUT2D eigenvalue weighted by atomic mass is 10.2. The van der Waals surface area contributed by atoms with E-state index >= 15 is 0 Å². The first kappa shape index (κ1) is 23.7. The summed E-state index contributed by atoms with van der Waals surface area (Å²) in [7, 11) is 0. The maximum atomic E-state index is 4.88. The summed E-state index contributed by atoms with van der Waals surface area (Å²) in [5.41, 5.74) is 2.28. The normalized spacial score (nSPS) is 15.5. The fraction of sp³-hybridized carbons (Fsp3) is 0.391. The minimum absolute atomic E-state index is 0. The first-order valence-electron chi connectivity index (χ1n) is 10.7. The molecule has 31 heavy (non-hydrogen) atoms. The van der Waals surface area contributed by atoms with E-state index < -0.39 is 0 Å². The lowest BCUT2D eigenvalue weighted by Crippen LogP contribution is -2.42. The summed E-state index contributed by atoms with van der Waals surface area (Å²) in [6.45, 7) is 6.76. The largest absolute Gasteiger partial charge is 0.357 e. The molecule has 2 N–H and O–H groups in total. The Morgan fingerprint density at radius 3 is 2.71 bits per heavy atom. The van der Waals surface area contributed by atoms with Crippen LogP contribution >= 0.6 is 35.3 Å². The van der Waals surface area contributed by atoms with Crippen molar-refractivity contribution in [3.63, 3.8) is 0 Å². The summed E-state index contributed by atoms with van der Waals surface area (Å²) in [4.78, 5) is 13.1. The van der Waals surface area contributed by atoms with Crippen LogP contribution in [0.4, 0.5) is 0 Å². The number of likely N-dealkylation sites (tertiary alicyclic amines) is 1. The molecule has 1 saturated heterocycles. The first-order chi connectivity index (χ1) is 14.8. The molecule has 0 aliphatic carbocycles. The Balaban J connectivity index is 0.00000272. The van der Waals surface area contributed by atoms with Gasteiger partial charge < -0.3 is 15.2 Å². The van der Waals surface area contributed by atoms with Crippen molar-refractivity contribution in [2.75, 3.05) is 26.2 Å². The number of guanidine groups is 1. The van der Waals surface area contributed by atoms with Crippen LogP contribution < -0.4 is 10.6 Å². The van der Waals surface area contributed by atoms with Crippen LogP contribution in [-0.4, -0.2) is 46.6 Å². The second-order valence-electron chi connectivity index (χ2n) is 7.45. The van der Waals surface area contributed by atoms with Gasteiger partial charge in [-0.15, -0.1) is 35.3 Å². The molecular formula is C23H31IN6S. The van der Waals surface area contributed by atoms with Crippen LogP contribution in [0.3, 0.4) is 0 Å². The van der Waals surface area contributed by atoms with E-state index in [2.05, 4.69) is 63.2 Å². The molecule has 3 heterocycles. The van der Waals surface area contributed by atoms with Gasteiger partial charge in [0.05, 0.1) is 24.6 Å². The third kappa shape index (κ3) is 6.30. The van der Waals surface area contributed by atoms with Crippen molar-refractivity contribution in [1.29, 1.82) is 0 Å². The molecule has 166 valence electrons. The van der Waals surface area contributed by atoms with Crippen molar-refractivity contribution in [3.8, 4) is 5.69 Å². The Bertz CT molecular complexity index is 919. The van der Waals surface area contributed by atoms with Gasteiger partial charge in [-0.3, -0.25) is 4.90 Å². The standard InChI is InChI=1S/C23H30N6S.HI/c1-2-25-23(26-16-19-8-3-4-9-20(19)29-14-11-24-18-29)27-17-21(22-10-7-15-30-22)28-12-5-6-13-28;/h3-4,7-11,14-15,18,21H,2,5-6,12-13,16-17H2,1H3,(H2,25,26,27);1H. The molecule has 1 fully saturated rings. The molecule has 8 heteroatoms. The SMILES string of the molecule is CCNC(=NCc1ccccc1-n1ccnc1)NCC(c1cccs1)N1CCCC1.I. The van der Waals surface area contributed by atoms with Gasteiger partial charge in [0.25, 0.3) is 0 Å². The number of rotatable bonds is 8. The Morgan fingerprint density at radius 2 is 2.00 bits per heavy atom. The van der Waals surface area contributed by atoms with Gasteiger partial charge in [0.2, 0.25) is 0 Å². The zero-order chi connectivity index (χ0) is 20.6. The van der Waals surface area contributed by atoms with Gasteiger partial charge in [0.1, 0.15) is 0 Å². The number of halogens is 1. The molecule has 3 aromatic rings. The fourth-order valence-electron chi connectivity index (χ4n) is 3.94. The van der Waals surface area contributed by atoms with E-state index in [1.54, 1.807) is 6.20 Å². The molecule has 2 aromatic heterocycles. The van der Waals surface area contributed by atoms with Crippen molar-refractivity contribution < 1.29 is 0 Å². The van der Waals surface area contributed by atoms with E-state index in [4.69, 9.17) is 4.99 Å². The second-order valence-corrected chi connectivity index (χ2v) is 8.43. The minimum atomic E-state index is 0. The minimum Gasteiger partial charge on any atom is -0.357 e. The monoisotopic (exact) mass is 550 g/mol. The molecule has 1 aromatic carbocycles. The van der Waals surface area contributed by atoms with Crippen molar-refractivity contribution in [2.45, 2.75) is 32.4 Å². The summed E-state index contributed by atoms with van der Waals surface area (Å²) in [5.74, 6) is 0.860. The topological polar surface area (TPSA) is 57.5 Å². The molecular weight excluding hydrogens is 519 g/mol. The van der Waals surface area contributed by atoms with Gasteiger partial charge in [0, 0.05) is 30.4 Å². The van der Waals surface area contributed by atoms with Gasteiger partial charge in [-0.2, -0.15) is 0 Å². The quantitative estimate of drug-likeness (QED) is 0.248. The van der Waals surface area contributed by atoms with Crippen molar-refractivity contribution in [2.24, 2.45) is 4.99 Å². The molecule has 0 radical (unpaired) electrons. The van der Waals surface area contributed by atoms with Crippen molar-refractivity contribution in [1.82, 2.24) is 25.1 Å². The highest BCUT2D eigenvalue weighted by atomic mass is 127. The zero-order valence-corrected chi connectivity index (χ0v) is 21.1. The van der Waals surface area contributed by atoms with E-state index in [-0.39, 0.29) is 24.0 Å². The van der Waals surface area contributed by atoms with E-state index in [0.29, 0.717) is 12.6 Å². The molecule has 6 nitrogen and oxygen atoms in total. The fourth-order valence-corrected chi connectivity index (χ4v) is 4.80. The average molecular weight is 551 g/mol. The van der Waals surface area contributed by atoms with E-state index in [1.807, 2.05) is 34.5 Å². The molecule has 0 bridgehead atoms. The van der Waals surface area contributed by atoms with Crippen LogP contribution in [0.5, 0.6) is 0 Å². The lowest BCUT2D eigenvalue weighted by molar-refractivity contribution is 0.249. The van der Waals surface area contributed by atoms with E-state index in [9.17, 15) is 0 Å². The average Bonchev–Trinajstić information content (AvgIpc) is 3.56. The molecule has 0 amide bonds. The Hall–Kier alpha value is -1.91. The molecule has 1 aliphatic heterocycles. The number of imidazole rings is 1. The molecule has 1 aliphatic rings. The van der Waals surface area contributed by atoms with Gasteiger partial charge in [-0.1, -0.05) is 24.3 Å². The van der Waals surface area contributed by atoms with Crippen LogP contribution in [0.1, 0.15) is 36.2 Å². The van der Waals surface area contributed by atoms with Gasteiger partial charge in [-0.05, 0) is 55.9 Å². The number of nitrogens with zero attached hydrogens (tertiary/aromatic N) is 4. The summed E-state index contributed by atoms with van der Waals surface area (Å²) < 4.78 is 2.03. The van der Waals surface area contributed by atoms with Crippen LogP contribution in [0.15, 0.2) is 65.5 Å². The van der Waals surface area contributed by atoms with E-state index in [1.165, 1.54) is 36.4 Å². The summed E-state index contributed by atoms with van der Waals surface area (Å²) in [6, 6.07) is 13.1. The van der Waals surface area contributed by atoms with Crippen LogP contribution in [0, 0.1) is 0 Å². The predicted octanol–water partition coefficient (Wildman–Crippen LogP) is 4.44. The van der Waals surface area contributed by atoms with E-state index in [0.717, 1.165) is 24.7 Å². The maximum absolute atomic E-state index is 4.88. The summed E-state index contributed by atoms with van der Waals surface area (Å²) >= 11 is 1.84. The van der Waals surface area contributed by atoms with Crippen LogP contribution in [0.25, 0.3) is 5.69 Å². The van der Waals surface area contributed by atoms with Crippen molar-refractivity contribution in [3.05, 3.63) is 70.9 Å². The number of hydrogen-bond donors (Lipinski definition) is 2. The Morgan fingerprint density at radius 1 is 1.16 bits per heavy atom. The number of aliphatic imine (C=N–C) groups is 1. The van der Waals surface area contributed by atoms with Crippen LogP contribution in [0.2, 0.25) is 0 Å². The molecule has 0 spiro atoms. The maximum Gasteiger partial charge on any atom is 0.191 e. The highest BCUT2D eigenvalue weighted by Gasteiger charge is 2.24. The highest BCUT2D eigenvalue weighted by Crippen LogP contribution is 2.27. The molecule has 1 atom stereocenters. The third-order valence-electron chi connectivity index (χ3n) is 5.44. The summed E-state index contributed by atoms with van der Waals surface area (Å²) in [6.07, 6.45) is 8.18. The third-order valence-corrected chi connectivity index (χ3v) is 6.42. The number of aromatic nitrogens is 2. The number of hydrogen-bond acceptors (Lipinski definition) is 4. The number of benzene rings is 1. The number of nitrogens with one attached hydrogen (secondary N) is 2. The Kier molecular flexibility index (Phi) is 9.35. The second kappa shape index (κ2) is 12.2. The Labute approximate surface area is 205 Å². The van der Waals surface area contributed by atoms with Crippen LogP contribution in [-0.2, 0) is 6.54 Å². The smallest absolute Gasteiger partial charge is 0.191 e. The number of para-hydroxylation sites is 1. The lowest BCUT2D eigenvalue weighted by Gasteiger charge is -2.27. The molecule has 1 unspecified atom stereocenters. The first-order valence-corrected chi connectivity index (χ1v) is 11.6. The molecule has 4 rings (SSSR count). The van der Waals surface area contributed by atoms with Gasteiger partial charge >= 0.3 is 0 Å². The van der Waals surface area contributed by atoms with Gasteiger partial charge in [-0.25, -0.2) is 9.98 Å². The zero-order valence-electron chi connectivity index (χ0n) is 17.9. The molecule has 0 saturated carbocycles. The van der Waals surface area contributed by atoms with Gasteiger partial charge in [0.15, 0.2) is 5.96 Å². The highest BCUT2D eigenvalue weighted by molar-refractivity contribution is 14.0. The summed E-state index contributed by atoms with van der Waals surface area (Å²) in [5, 5.41) is 9.17.